The van der Waals surface area contributed by atoms with Crippen LogP contribution in [0.1, 0.15) is 80.1 Å². The summed E-state index contributed by atoms with van der Waals surface area (Å²) in [5.74, 6) is 1.87. The molecule has 2 aliphatic rings. The number of piperidine rings is 1. The molecule has 0 bridgehead atoms. The van der Waals surface area contributed by atoms with Gasteiger partial charge in [0.05, 0.1) is 0 Å². The van der Waals surface area contributed by atoms with Crippen LogP contribution in [-0.4, -0.2) is 24.0 Å². The monoisotopic (exact) mass is 267 g/mol. The molecule has 19 heavy (non-hydrogen) atoms. The van der Waals surface area contributed by atoms with Crippen molar-refractivity contribution in [1.82, 2.24) is 4.90 Å². The Bertz CT molecular complexity index is 238. The van der Waals surface area contributed by atoms with Crippen molar-refractivity contribution in [3.8, 4) is 0 Å². The molecule has 2 atom stereocenters. The number of nitrogens with zero attached hydrogens (tertiary/aromatic N) is 1. The predicted octanol–water partition coefficient (Wildman–Crippen LogP) is 5.35. The maximum Gasteiger partial charge on any atom is 0.0100 e. The molecule has 2 fully saturated rings. The number of likely N-dealkylation sites (tertiary alicyclic amines) is 1. The quantitative estimate of drug-likeness (QED) is 0.619. The van der Waals surface area contributed by atoms with Crippen LogP contribution in [0.25, 0.3) is 0 Å². The van der Waals surface area contributed by atoms with Gasteiger partial charge in [-0.25, -0.2) is 0 Å². The molecule has 2 rings (SSSR count). The van der Waals surface area contributed by atoms with Gasteiger partial charge in [-0.15, -0.1) is 0 Å². The highest BCUT2D eigenvalue weighted by molar-refractivity contribution is 4.90. The third-order valence-corrected chi connectivity index (χ3v) is 5.36. The highest BCUT2D eigenvalue weighted by atomic mass is 15.2. The highest BCUT2D eigenvalue weighted by Crippen LogP contribution is 2.42. The summed E-state index contributed by atoms with van der Waals surface area (Å²) in [7, 11) is 0. The second-order valence-corrected chi connectivity index (χ2v) is 7.75. The lowest BCUT2D eigenvalue weighted by Gasteiger charge is -2.46. The first-order valence-electron chi connectivity index (χ1n) is 8.64. The first-order valence-corrected chi connectivity index (χ1v) is 8.64. The second-order valence-electron chi connectivity index (χ2n) is 7.75. The van der Waals surface area contributed by atoms with Crippen LogP contribution in [0.3, 0.4) is 0 Å². The Morgan fingerprint density at radius 3 is 1.95 bits per heavy atom. The third-order valence-electron chi connectivity index (χ3n) is 5.36. The lowest BCUT2D eigenvalue weighted by Crippen LogP contribution is -2.46. The lowest BCUT2D eigenvalue weighted by atomic mass is 9.67. The summed E-state index contributed by atoms with van der Waals surface area (Å²) >= 11 is 0. The van der Waals surface area contributed by atoms with E-state index in [0.717, 1.165) is 17.9 Å². The van der Waals surface area contributed by atoms with E-state index in [-0.39, 0.29) is 0 Å². The van der Waals surface area contributed by atoms with E-state index < -0.39 is 0 Å². The van der Waals surface area contributed by atoms with Gasteiger partial charge in [0, 0.05) is 6.04 Å². The van der Waals surface area contributed by atoms with Crippen LogP contribution in [0, 0.1) is 17.3 Å². The minimum absolute atomic E-state index is 0.561. The smallest absolute Gasteiger partial charge is 0.0100 e. The van der Waals surface area contributed by atoms with E-state index >= 15 is 0 Å². The Kier molecular flexibility index (Phi) is 6.86. The second kappa shape index (κ2) is 7.67. The molecular weight excluding hydrogens is 230 g/mol. The van der Waals surface area contributed by atoms with Crippen molar-refractivity contribution in [2.24, 2.45) is 17.3 Å². The molecule has 1 saturated heterocycles. The molecular formula is C18H37N. The predicted molar refractivity (Wildman–Crippen MR) is 86.5 cm³/mol. The molecule has 1 nitrogen and oxygen atoms in total. The molecule has 0 N–H and O–H groups in total. The maximum atomic E-state index is 2.79. The van der Waals surface area contributed by atoms with Crippen LogP contribution in [0.5, 0.6) is 0 Å². The summed E-state index contributed by atoms with van der Waals surface area (Å²) in [6, 6.07) is 0.888. The van der Waals surface area contributed by atoms with Gasteiger partial charge in [-0.2, -0.15) is 0 Å². The van der Waals surface area contributed by atoms with Gasteiger partial charge in [0.15, 0.2) is 0 Å². The average Bonchev–Trinajstić information content (AvgIpc) is 2.35. The van der Waals surface area contributed by atoms with Gasteiger partial charge in [0.25, 0.3) is 0 Å². The van der Waals surface area contributed by atoms with E-state index in [2.05, 4.69) is 46.4 Å². The largest absolute Gasteiger partial charge is 0.300 e. The van der Waals surface area contributed by atoms with Crippen molar-refractivity contribution >= 4 is 0 Å². The van der Waals surface area contributed by atoms with Crippen molar-refractivity contribution in [3.63, 3.8) is 0 Å². The van der Waals surface area contributed by atoms with Crippen molar-refractivity contribution < 1.29 is 0 Å². The van der Waals surface area contributed by atoms with Crippen LogP contribution in [0.4, 0.5) is 0 Å². The van der Waals surface area contributed by atoms with Gasteiger partial charge in [-0.1, -0.05) is 48.0 Å². The molecule has 114 valence electrons. The Morgan fingerprint density at radius 2 is 1.47 bits per heavy atom. The van der Waals surface area contributed by atoms with E-state index in [0.29, 0.717) is 5.41 Å². The van der Waals surface area contributed by atoms with Crippen molar-refractivity contribution in [3.05, 3.63) is 0 Å². The number of rotatable bonds is 1. The zero-order valence-electron chi connectivity index (χ0n) is 14.3. The van der Waals surface area contributed by atoms with Gasteiger partial charge in [0.2, 0.25) is 0 Å². The van der Waals surface area contributed by atoms with Crippen LogP contribution in [0.2, 0.25) is 0 Å². The molecule has 0 unspecified atom stereocenters. The molecule has 0 aromatic rings. The summed E-state index contributed by atoms with van der Waals surface area (Å²) in [5, 5.41) is 0. The SMILES string of the molecule is CC1CCN([C@H]2CC[C@H](C)C(C)(C)C2)CC1.CCC. The average molecular weight is 268 g/mol. The summed E-state index contributed by atoms with van der Waals surface area (Å²) in [6.07, 6.45) is 8.39. The highest BCUT2D eigenvalue weighted by Gasteiger charge is 2.36. The number of hydrogen-bond acceptors (Lipinski definition) is 1. The molecule has 1 saturated carbocycles. The fourth-order valence-electron chi connectivity index (χ4n) is 3.45. The van der Waals surface area contributed by atoms with E-state index in [1.54, 1.807) is 0 Å². The molecule has 0 radical (unpaired) electrons. The standard InChI is InChI=1S/C15H29N.C3H8/c1-12-7-9-16(10-8-12)14-6-5-13(2)15(3,4)11-14;1-3-2/h12-14H,5-11H2,1-4H3;3H2,1-2H3/t13-,14-;/m0./s1. The molecule has 0 aromatic carbocycles. The summed E-state index contributed by atoms with van der Waals surface area (Å²) in [4.78, 5) is 2.79. The van der Waals surface area contributed by atoms with Crippen LogP contribution < -0.4 is 0 Å². The van der Waals surface area contributed by atoms with Crippen molar-refractivity contribution in [2.75, 3.05) is 13.1 Å². The van der Waals surface area contributed by atoms with E-state index in [9.17, 15) is 0 Å². The molecule has 0 aromatic heterocycles. The van der Waals surface area contributed by atoms with E-state index in [1.165, 1.54) is 51.6 Å². The van der Waals surface area contributed by atoms with Gasteiger partial charge >= 0.3 is 0 Å². The summed E-state index contributed by atoms with van der Waals surface area (Å²) in [6.45, 7) is 16.7. The van der Waals surface area contributed by atoms with Crippen molar-refractivity contribution in [1.29, 1.82) is 0 Å². The first kappa shape index (κ1) is 17.0. The maximum absolute atomic E-state index is 2.79. The molecule has 1 aliphatic carbocycles. The molecule has 0 amide bonds. The molecule has 1 heteroatoms. The lowest BCUT2D eigenvalue weighted by molar-refractivity contribution is 0.0379. The molecule has 1 heterocycles. The molecule has 1 aliphatic heterocycles. The topological polar surface area (TPSA) is 3.24 Å². The van der Waals surface area contributed by atoms with Crippen LogP contribution in [0.15, 0.2) is 0 Å². The van der Waals surface area contributed by atoms with Gasteiger partial charge in [-0.3, -0.25) is 0 Å². The fraction of sp³-hybridized carbons (Fsp3) is 1.00. The Balaban J connectivity index is 0.000000550. The zero-order valence-corrected chi connectivity index (χ0v) is 14.3. The van der Waals surface area contributed by atoms with Gasteiger partial charge in [-0.05, 0) is 62.4 Å². The first-order chi connectivity index (χ1) is 8.90. The Labute approximate surface area is 122 Å². The van der Waals surface area contributed by atoms with E-state index in [4.69, 9.17) is 0 Å². The van der Waals surface area contributed by atoms with Crippen LogP contribution in [-0.2, 0) is 0 Å². The fourth-order valence-corrected chi connectivity index (χ4v) is 3.45. The summed E-state index contributed by atoms with van der Waals surface area (Å²) in [5.41, 5.74) is 0.561. The Morgan fingerprint density at radius 1 is 0.947 bits per heavy atom. The minimum atomic E-state index is 0.561. The van der Waals surface area contributed by atoms with Gasteiger partial charge in [0.1, 0.15) is 0 Å². The molecule has 0 spiro atoms. The third kappa shape index (κ3) is 5.10. The zero-order chi connectivity index (χ0) is 14.5. The minimum Gasteiger partial charge on any atom is -0.300 e. The van der Waals surface area contributed by atoms with Crippen molar-refractivity contribution in [2.45, 2.75) is 86.1 Å². The summed E-state index contributed by atoms with van der Waals surface area (Å²) < 4.78 is 0. The Hall–Kier alpha value is -0.0400. The number of hydrogen-bond donors (Lipinski definition) is 0. The van der Waals surface area contributed by atoms with Crippen LogP contribution >= 0.6 is 0 Å². The van der Waals surface area contributed by atoms with E-state index in [1.807, 2.05) is 0 Å². The normalized spacial score (nSPS) is 32.5. The van der Waals surface area contributed by atoms with Gasteiger partial charge < -0.3 is 4.90 Å².